The average molecular weight is 512 g/mol. The van der Waals surface area contributed by atoms with Gasteiger partial charge in [-0.25, -0.2) is 10.1 Å². The quantitative estimate of drug-likeness (QED) is 0.379. The van der Waals surface area contributed by atoms with E-state index in [0.29, 0.717) is 57.1 Å². The van der Waals surface area contributed by atoms with Crippen molar-refractivity contribution in [1.29, 1.82) is 5.26 Å². The van der Waals surface area contributed by atoms with E-state index in [1.54, 1.807) is 37.5 Å². The number of rotatable bonds is 7. The third kappa shape index (κ3) is 5.28. The number of fused-ring (bicyclic) bond motifs is 1. The highest BCUT2D eigenvalue weighted by Gasteiger charge is 2.31. The molecule has 5 rings (SSSR count). The van der Waals surface area contributed by atoms with Crippen LogP contribution >= 0.6 is 0 Å². The van der Waals surface area contributed by atoms with Crippen molar-refractivity contribution < 1.29 is 9.53 Å². The molecule has 2 aliphatic rings. The Hall–Kier alpha value is -4.49. The zero-order valence-corrected chi connectivity index (χ0v) is 21.2. The maximum atomic E-state index is 12.7. The van der Waals surface area contributed by atoms with Crippen LogP contribution in [0.4, 0.5) is 11.5 Å². The lowest BCUT2D eigenvalue weighted by Gasteiger charge is -2.34. The number of anilines is 2. The summed E-state index contributed by atoms with van der Waals surface area (Å²) in [6, 6.07) is 13.8. The van der Waals surface area contributed by atoms with Crippen molar-refractivity contribution in [2.24, 2.45) is 0 Å². The van der Waals surface area contributed by atoms with Crippen LogP contribution in [0.3, 0.4) is 0 Å². The molecule has 10 nitrogen and oxygen atoms in total. The average Bonchev–Trinajstić information content (AvgIpc) is 3.32. The number of carbonyl (C=O) groups excluding carboxylic acids is 1. The van der Waals surface area contributed by atoms with Crippen molar-refractivity contribution in [2.75, 3.05) is 49.2 Å². The SMILES string of the molecule is Cc1c(N2Cc3ccccc3[C@@H]2COC/C=C/C(=O)N2CCN(c3ccc(C#N)cn3)CC2)cn[nH]c1=O. The van der Waals surface area contributed by atoms with Gasteiger partial charge in [-0.2, -0.15) is 10.4 Å². The number of ether oxygens (including phenoxy) is 1. The normalized spacial score (nSPS) is 17.1. The standard InChI is InChI=1S/C28H29N7O3/c1-20-24(17-31-32-28(20)37)35-18-22-5-2-3-6-23(22)25(35)19-38-14-4-7-27(36)34-12-10-33(11-13-34)26-9-8-21(15-29)16-30-26/h2-9,16-17,25H,10-14,18-19H2,1H3,(H,32,37)/b7-4+/t25-/m0/s1. The van der Waals surface area contributed by atoms with Gasteiger partial charge in [0.1, 0.15) is 11.9 Å². The van der Waals surface area contributed by atoms with Gasteiger partial charge < -0.3 is 19.4 Å². The van der Waals surface area contributed by atoms with Crippen molar-refractivity contribution in [3.8, 4) is 6.07 Å². The highest BCUT2D eigenvalue weighted by atomic mass is 16.5. The Balaban J connectivity index is 1.14. The number of pyridine rings is 1. The van der Waals surface area contributed by atoms with Crippen LogP contribution in [0.1, 0.15) is 28.3 Å². The molecule has 1 fully saturated rings. The van der Waals surface area contributed by atoms with Crippen LogP contribution in [0.5, 0.6) is 0 Å². The first kappa shape index (κ1) is 25.2. The number of carbonyl (C=O) groups is 1. The second kappa shape index (κ2) is 11.3. The van der Waals surface area contributed by atoms with E-state index >= 15 is 0 Å². The molecule has 0 bridgehead atoms. The summed E-state index contributed by atoms with van der Waals surface area (Å²) in [6.45, 7) is 5.76. The van der Waals surface area contributed by atoms with E-state index in [9.17, 15) is 9.59 Å². The molecule has 1 N–H and O–H groups in total. The van der Waals surface area contributed by atoms with Gasteiger partial charge in [-0.05, 0) is 30.2 Å². The Bertz CT molecular complexity index is 1420. The zero-order valence-electron chi connectivity index (χ0n) is 21.2. The third-order valence-electron chi connectivity index (χ3n) is 7.06. The molecule has 1 saturated heterocycles. The summed E-state index contributed by atoms with van der Waals surface area (Å²) >= 11 is 0. The van der Waals surface area contributed by atoms with E-state index < -0.39 is 0 Å². The van der Waals surface area contributed by atoms with Crippen LogP contribution in [-0.2, 0) is 16.1 Å². The molecule has 3 aromatic rings. The second-order valence-electron chi connectivity index (χ2n) is 9.32. The summed E-state index contributed by atoms with van der Waals surface area (Å²) in [4.78, 5) is 35.2. The fourth-order valence-corrected chi connectivity index (χ4v) is 4.93. The van der Waals surface area contributed by atoms with Gasteiger partial charge >= 0.3 is 0 Å². The number of hydrogen-bond donors (Lipinski definition) is 1. The van der Waals surface area contributed by atoms with Crippen LogP contribution in [0.2, 0.25) is 0 Å². The monoisotopic (exact) mass is 511 g/mol. The molecule has 0 spiro atoms. The predicted octanol–water partition coefficient (Wildman–Crippen LogP) is 2.33. The van der Waals surface area contributed by atoms with Crippen LogP contribution < -0.4 is 15.4 Å². The van der Waals surface area contributed by atoms with Gasteiger partial charge in [0.2, 0.25) is 5.91 Å². The molecule has 10 heteroatoms. The number of nitrogens with one attached hydrogen (secondary N) is 1. The number of aromatic nitrogens is 3. The van der Waals surface area contributed by atoms with Crippen LogP contribution in [0.25, 0.3) is 0 Å². The zero-order chi connectivity index (χ0) is 26.5. The fourth-order valence-electron chi connectivity index (χ4n) is 4.93. The first-order valence-corrected chi connectivity index (χ1v) is 12.6. The summed E-state index contributed by atoms with van der Waals surface area (Å²) in [6.07, 6.45) is 6.57. The molecule has 0 aliphatic carbocycles. The van der Waals surface area contributed by atoms with Gasteiger partial charge in [0.25, 0.3) is 5.56 Å². The number of benzene rings is 1. The molecular formula is C28H29N7O3. The molecule has 194 valence electrons. The third-order valence-corrected chi connectivity index (χ3v) is 7.06. The van der Waals surface area contributed by atoms with E-state index in [0.717, 1.165) is 11.5 Å². The fraction of sp³-hybridized carbons (Fsp3) is 0.321. The molecule has 4 heterocycles. The Morgan fingerprint density at radius 3 is 2.76 bits per heavy atom. The van der Waals surface area contributed by atoms with Crippen molar-refractivity contribution in [1.82, 2.24) is 20.1 Å². The highest BCUT2D eigenvalue weighted by molar-refractivity contribution is 5.87. The smallest absolute Gasteiger partial charge is 0.269 e. The Morgan fingerprint density at radius 1 is 1.18 bits per heavy atom. The second-order valence-corrected chi connectivity index (χ2v) is 9.32. The number of aromatic amines is 1. The maximum Gasteiger partial charge on any atom is 0.269 e. The molecule has 1 atom stereocenters. The minimum Gasteiger partial charge on any atom is -0.375 e. The van der Waals surface area contributed by atoms with Gasteiger partial charge in [-0.1, -0.05) is 30.3 Å². The van der Waals surface area contributed by atoms with E-state index in [4.69, 9.17) is 10.00 Å². The number of piperazine rings is 1. The summed E-state index contributed by atoms with van der Waals surface area (Å²) in [5.74, 6) is 0.771. The highest BCUT2D eigenvalue weighted by Crippen LogP contribution is 2.37. The minimum atomic E-state index is -0.200. The van der Waals surface area contributed by atoms with Crippen LogP contribution in [0, 0.1) is 18.3 Å². The Morgan fingerprint density at radius 2 is 2.00 bits per heavy atom. The van der Waals surface area contributed by atoms with E-state index in [1.807, 2.05) is 23.1 Å². The van der Waals surface area contributed by atoms with Crippen molar-refractivity contribution in [3.05, 3.63) is 93.6 Å². The Kier molecular flexibility index (Phi) is 7.47. The van der Waals surface area contributed by atoms with Gasteiger partial charge in [0, 0.05) is 50.6 Å². The molecule has 0 unspecified atom stereocenters. The molecule has 0 saturated carbocycles. The molecule has 38 heavy (non-hydrogen) atoms. The van der Waals surface area contributed by atoms with Gasteiger partial charge in [-0.3, -0.25) is 9.59 Å². The van der Waals surface area contributed by atoms with Gasteiger partial charge in [-0.15, -0.1) is 0 Å². The number of nitrogens with zero attached hydrogens (tertiary/aromatic N) is 6. The number of hydrogen-bond acceptors (Lipinski definition) is 8. The Labute approximate surface area is 220 Å². The molecular weight excluding hydrogens is 482 g/mol. The predicted molar refractivity (Wildman–Crippen MR) is 143 cm³/mol. The summed E-state index contributed by atoms with van der Waals surface area (Å²) in [7, 11) is 0. The van der Waals surface area contributed by atoms with Gasteiger partial charge in [0.15, 0.2) is 0 Å². The number of amides is 1. The summed E-state index contributed by atoms with van der Waals surface area (Å²) in [5.41, 5.74) is 4.11. The molecule has 0 radical (unpaired) electrons. The van der Waals surface area contributed by atoms with Crippen molar-refractivity contribution >= 4 is 17.4 Å². The topological polar surface area (TPSA) is 118 Å². The first-order chi connectivity index (χ1) is 18.5. The lowest BCUT2D eigenvalue weighted by Crippen LogP contribution is -2.48. The lowest BCUT2D eigenvalue weighted by molar-refractivity contribution is -0.126. The van der Waals surface area contributed by atoms with E-state index in [1.165, 1.54) is 11.1 Å². The van der Waals surface area contributed by atoms with Crippen molar-refractivity contribution in [2.45, 2.75) is 19.5 Å². The first-order valence-electron chi connectivity index (χ1n) is 12.6. The largest absolute Gasteiger partial charge is 0.375 e. The molecule has 1 amide bonds. The maximum absolute atomic E-state index is 12.7. The van der Waals surface area contributed by atoms with E-state index in [-0.39, 0.29) is 17.5 Å². The molecule has 2 aromatic heterocycles. The molecule has 1 aromatic carbocycles. The number of nitriles is 1. The summed E-state index contributed by atoms with van der Waals surface area (Å²) in [5, 5.41) is 15.4. The summed E-state index contributed by atoms with van der Waals surface area (Å²) < 4.78 is 5.98. The van der Waals surface area contributed by atoms with Crippen LogP contribution in [0.15, 0.2) is 65.7 Å². The van der Waals surface area contributed by atoms with Crippen LogP contribution in [-0.4, -0.2) is 65.4 Å². The minimum absolute atomic E-state index is 0.0425. The molecule has 2 aliphatic heterocycles. The lowest BCUT2D eigenvalue weighted by atomic mass is 10.1. The van der Waals surface area contributed by atoms with E-state index in [2.05, 4.69) is 43.2 Å². The van der Waals surface area contributed by atoms with Crippen molar-refractivity contribution in [3.63, 3.8) is 0 Å². The number of H-pyrrole nitrogens is 1. The van der Waals surface area contributed by atoms with Gasteiger partial charge in [0.05, 0.1) is 36.7 Å².